The van der Waals surface area contributed by atoms with Gasteiger partial charge in [0.25, 0.3) is 0 Å². The summed E-state index contributed by atoms with van der Waals surface area (Å²) < 4.78 is 7.77. The van der Waals surface area contributed by atoms with Crippen LogP contribution in [0.25, 0.3) is 11.0 Å². The molecule has 160 valence electrons. The minimum Gasteiger partial charge on any atom is -0.382 e. The number of rotatable bonds is 9. The number of nitrogen functional groups attached to an aromatic ring is 1. The maximum absolute atomic E-state index is 12.1. The summed E-state index contributed by atoms with van der Waals surface area (Å²) in [5, 5.41) is 6.08. The highest BCUT2D eigenvalue weighted by atomic mass is 16.5. The second-order valence-corrected chi connectivity index (χ2v) is 7.78. The molecule has 8 heteroatoms. The average Bonchev–Trinajstić information content (AvgIpc) is 3.09. The molecule has 2 aromatic heterocycles. The molecule has 0 aliphatic heterocycles. The highest BCUT2D eigenvalue weighted by molar-refractivity contribution is 5.87. The molecule has 2 heterocycles. The van der Waals surface area contributed by atoms with Gasteiger partial charge in [-0.2, -0.15) is 0 Å². The molecule has 0 atom stereocenters. The quantitative estimate of drug-likeness (QED) is 0.558. The van der Waals surface area contributed by atoms with E-state index in [-0.39, 0.29) is 6.03 Å². The number of carbonyl (C=O) groups excluding carboxylic acids is 1. The molecule has 2 amide bonds. The lowest BCUT2D eigenvalue weighted by atomic mass is 9.96. The fourth-order valence-electron chi connectivity index (χ4n) is 3.99. The Balaban J connectivity index is 1.53. The van der Waals surface area contributed by atoms with Crippen molar-refractivity contribution in [3.05, 3.63) is 17.6 Å². The first-order valence-corrected chi connectivity index (χ1v) is 10.8. The van der Waals surface area contributed by atoms with E-state index in [2.05, 4.69) is 25.2 Å². The van der Waals surface area contributed by atoms with Gasteiger partial charge >= 0.3 is 6.03 Å². The molecule has 3 rings (SSSR count). The van der Waals surface area contributed by atoms with Crippen LogP contribution in [0.5, 0.6) is 0 Å². The number of nitrogens with two attached hydrogens (primary N) is 1. The van der Waals surface area contributed by atoms with Gasteiger partial charge in [-0.3, -0.25) is 0 Å². The van der Waals surface area contributed by atoms with Crippen LogP contribution < -0.4 is 16.4 Å². The summed E-state index contributed by atoms with van der Waals surface area (Å²) in [6, 6.07) is 0.293. The fourth-order valence-corrected chi connectivity index (χ4v) is 3.99. The van der Waals surface area contributed by atoms with Crippen LogP contribution in [0.15, 0.2) is 6.20 Å². The van der Waals surface area contributed by atoms with E-state index in [1.165, 1.54) is 19.3 Å². The van der Waals surface area contributed by atoms with Gasteiger partial charge in [0.15, 0.2) is 5.82 Å². The molecule has 29 heavy (non-hydrogen) atoms. The highest BCUT2D eigenvalue weighted by Gasteiger charge is 2.16. The summed E-state index contributed by atoms with van der Waals surface area (Å²) in [7, 11) is 0. The number of fused-ring (bicyclic) bond motifs is 1. The number of hydrogen-bond donors (Lipinski definition) is 3. The van der Waals surface area contributed by atoms with Gasteiger partial charge < -0.3 is 25.7 Å². The average molecular weight is 403 g/mol. The number of aromatic nitrogens is 3. The van der Waals surface area contributed by atoms with Crippen LogP contribution in [0.2, 0.25) is 0 Å². The smallest absolute Gasteiger partial charge is 0.315 e. The molecule has 0 spiro atoms. The Morgan fingerprint density at radius 3 is 2.86 bits per heavy atom. The van der Waals surface area contributed by atoms with Crippen molar-refractivity contribution in [2.24, 2.45) is 0 Å². The monoisotopic (exact) mass is 402 g/mol. The van der Waals surface area contributed by atoms with Gasteiger partial charge in [-0.25, -0.2) is 14.8 Å². The molecule has 2 aromatic rings. The van der Waals surface area contributed by atoms with Crippen molar-refractivity contribution in [3.8, 4) is 0 Å². The van der Waals surface area contributed by atoms with E-state index in [9.17, 15) is 4.79 Å². The van der Waals surface area contributed by atoms with Crippen LogP contribution in [0.4, 0.5) is 10.6 Å². The third-order valence-corrected chi connectivity index (χ3v) is 5.53. The van der Waals surface area contributed by atoms with Crippen LogP contribution in [0.3, 0.4) is 0 Å². The van der Waals surface area contributed by atoms with Crippen molar-refractivity contribution < 1.29 is 9.53 Å². The van der Waals surface area contributed by atoms with E-state index in [1.807, 2.05) is 13.8 Å². The zero-order chi connectivity index (χ0) is 20.6. The van der Waals surface area contributed by atoms with E-state index in [0.717, 1.165) is 54.6 Å². The van der Waals surface area contributed by atoms with Gasteiger partial charge in [-0.05, 0) is 45.1 Å². The van der Waals surface area contributed by atoms with E-state index < -0.39 is 0 Å². The lowest BCUT2D eigenvalue weighted by Gasteiger charge is -2.22. The molecule has 0 aromatic carbocycles. The number of imidazole rings is 1. The first kappa shape index (κ1) is 21.4. The van der Waals surface area contributed by atoms with Gasteiger partial charge in [0, 0.05) is 31.9 Å². The molecule has 1 aliphatic carbocycles. The summed E-state index contributed by atoms with van der Waals surface area (Å²) >= 11 is 0. The number of pyridine rings is 1. The number of carbonyl (C=O) groups is 1. The van der Waals surface area contributed by atoms with E-state index in [0.29, 0.717) is 31.6 Å². The van der Waals surface area contributed by atoms with Gasteiger partial charge in [-0.1, -0.05) is 19.3 Å². The van der Waals surface area contributed by atoms with Gasteiger partial charge in [-0.15, -0.1) is 0 Å². The predicted molar refractivity (Wildman–Crippen MR) is 115 cm³/mol. The Kier molecular flexibility index (Phi) is 7.69. The Morgan fingerprint density at radius 1 is 1.31 bits per heavy atom. The lowest BCUT2D eigenvalue weighted by molar-refractivity contribution is 0.126. The van der Waals surface area contributed by atoms with Crippen molar-refractivity contribution in [1.29, 1.82) is 0 Å². The van der Waals surface area contributed by atoms with Crippen molar-refractivity contribution in [2.45, 2.75) is 78.0 Å². The minimum absolute atomic E-state index is 0.0447. The number of ether oxygens (including phenoxy) is 1. The van der Waals surface area contributed by atoms with Crippen molar-refractivity contribution in [1.82, 2.24) is 25.2 Å². The molecular weight excluding hydrogens is 368 g/mol. The van der Waals surface area contributed by atoms with Crippen molar-refractivity contribution in [3.63, 3.8) is 0 Å². The molecule has 0 radical (unpaired) electrons. The summed E-state index contributed by atoms with van der Waals surface area (Å²) in [6.45, 7) is 6.54. The number of nitrogens with one attached hydrogen (secondary N) is 2. The van der Waals surface area contributed by atoms with Gasteiger partial charge in [0.1, 0.15) is 17.9 Å². The molecule has 1 saturated carbocycles. The minimum atomic E-state index is -0.0447. The summed E-state index contributed by atoms with van der Waals surface area (Å²) in [6.07, 6.45) is 9.52. The Morgan fingerprint density at radius 2 is 2.10 bits per heavy atom. The zero-order valence-electron chi connectivity index (χ0n) is 17.7. The third kappa shape index (κ3) is 5.59. The molecule has 0 bridgehead atoms. The maximum atomic E-state index is 12.1. The van der Waals surface area contributed by atoms with Crippen molar-refractivity contribution in [2.75, 3.05) is 18.9 Å². The number of anilines is 1. The number of unbranched alkanes of at least 4 members (excludes halogenated alkanes) is 1. The highest BCUT2D eigenvalue weighted by Crippen LogP contribution is 2.24. The standard InChI is InChI=1S/C21H34N6O2/c1-3-29-14-17-26-18-19(15(2)13-24-20(18)22)27(17)12-8-7-11-23-21(28)25-16-9-5-4-6-10-16/h13,16H,3-12,14H2,1-2H3,(H2,22,24)(H2,23,25,28). The largest absolute Gasteiger partial charge is 0.382 e. The predicted octanol–water partition coefficient (Wildman–Crippen LogP) is 3.27. The molecule has 0 saturated heterocycles. The van der Waals surface area contributed by atoms with Crippen molar-refractivity contribution >= 4 is 22.9 Å². The number of nitrogens with zero attached hydrogens (tertiary/aromatic N) is 3. The third-order valence-electron chi connectivity index (χ3n) is 5.53. The first-order chi connectivity index (χ1) is 14.1. The lowest BCUT2D eigenvalue weighted by Crippen LogP contribution is -2.43. The summed E-state index contributed by atoms with van der Waals surface area (Å²) in [5.74, 6) is 1.32. The number of urea groups is 1. The SMILES string of the molecule is CCOCc1nc2c(N)ncc(C)c2n1CCCCNC(=O)NC1CCCCC1. The summed E-state index contributed by atoms with van der Waals surface area (Å²) in [5.41, 5.74) is 8.85. The van der Waals surface area contributed by atoms with E-state index in [4.69, 9.17) is 10.5 Å². The number of aryl methyl sites for hydroxylation is 2. The van der Waals surface area contributed by atoms with Crippen LogP contribution in [0.1, 0.15) is 63.3 Å². The van der Waals surface area contributed by atoms with Gasteiger partial charge in [0.2, 0.25) is 0 Å². The van der Waals surface area contributed by atoms with Gasteiger partial charge in [0.05, 0.1) is 5.52 Å². The zero-order valence-corrected chi connectivity index (χ0v) is 17.7. The van der Waals surface area contributed by atoms with Crippen LogP contribution >= 0.6 is 0 Å². The van der Waals surface area contributed by atoms with Crippen LogP contribution in [-0.2, 0) is 17.9 Å². The topological polar surface area (TPSA) is 107 Å². The maximum Gasteiger partial charge on any atom is 0.315 e. The van der Waals surface area contributed by atoms with Crippen LogP contribution in [0, 0.1) is 6.92 Å². The molecule has 0 unspecified atom stereocenters. The second-order valence-electron chi connectivity index (χ2n) is 7.78. The fraction of sp³-hybridized carbons (Fsp3) is 0.667. The Bertz CT molecular complexity index is 813. The van der Waals surface area contributed by atoms with E-state index >= 15 is 0 Å². The molecule has 4 N–H and O–H groups in total. The first-order valence-electron chi connectivity index (χ1n) is 10.8. The van der Waals surface area contributed by atoms with E-state index in [1.54, 1.807) is 6.20 Å². The number of hydrogen-bond acceptors (Lipinski definition) is 5. The Labute approximate surface area is 172 Å². The molecule has 1 aliphatic rings. The Hall–Kier alpha value is -2.35. The number of amides is 2. The molecule has 8 nitrogen and oxygen atoms in total. The molecular formula is C21H34N6O2. The normalized spacial score (nSPS) is 15.0. The van der Waals surface area contributed by atoms with Crippen LogP contribution in [-0.4, -0.2) is 39.8 Å². The molecule has 1 fully saturated rings. The summed E-state index contributed by atoms with van der Waals surface area (Å²) in [4.78, 5) is 21.0. The second kappa shape index (κ2) is 10.4.